The molecular weight excluding hydrogens is 460 g/mol. The van der Waals surface area contributed by atoms with Crippen molar-refractivity contribution in [3.63, 3.8) is 0 Å². The first-order valence-corrected chi connectivity index (χ1v) is 13.8. The summed E-state index contributed by atoms with van der Waals surface area (Å²) in [5, 5.41) is 16.5. The maximum Gasteiger partial charge on any atom is 0.306 e. The molecule has 4 bridgehead atoms. The van der Waals surface area contributed by atoms with Gasteiger partial charge in [0.15, 0.2) is 5.84 Å². The number of carbonyl (C=O) groups is 1. The largest absolute Gasteiger partial charge is 0.383 e. The lowest BCUT2D eigenvalue weighted by molar-refractivity contribution is -0.114. The molecule has 2 aliphatic heterocycles. The number of benzene rings is 1. The first-order valence-electron chi connectivity index (χ1n) is 11.2. The summed E-state index contributed by atoms with van der Waals surface area (Å²) in [6.45, 7) is 0. The lowest BCUT2D eigenvalue weighted by atomic mass is 9.50. The molecule has 4 saturated carbocycles. The highest BCUT2D eigenvalue weighted by Gasteiger charge is 2.55. The smallest absolute Gasteiger partial charge is 0.306 e. The van der Waals surface area contributed by atoms with Crippen LogP contribution >= 0.6 is 11.8 Å². The fraction of sp³-hybridized carbons (Fsp3) is 0.478. The van der Waals surface area contributed by atoms with E-state index in [0.29, 0.717) is 10.7 Å². The summed E-state index contributed by atoms with van der Waals surface area (Å²) < 4.78 is 27.4. The Morgan fingerprint density at radius 2 is 1.73 bits per heavy atom. The predicted molar refractivity (Wildman–Crippen MR) is 128 cm³/mol. The molecule has 7 rings (SSSR count). The van der Waals surface area contributed by atoms with Gasteiger partial charge in [0, 0.05) is 5.41 Å². The lowest BCUT2D eigenvalue weighted by Crippen LogP contribution is -2.49. The number of thioether (sulfide) groups is 1. The average Bonchev–Trinajstić information content (AvgIpc) is 3.15. The number of hydrogen-bond donors (Lipinski definition) is 1. The molecule has 0 radical (unpaired) electrons. The summed E-state index contributed by atoms with van der Waals surface area (Å²) >= 11 is 1.47. The van der Waals surface area contributed by atoms with Gasteiger partial charge in [-0.2, -0.15) is 23.5 Å². The fourth-order valence-corrected chi connectivity index (χ4v) is 8.11. The van der Waals surface area contributed by atoms with Crippen molar-refractivity contribution < 1.29 is 17.4 Å². The van der Waals surface area contributed by atoms with Crippen molar-refractivity contribution in [2.45, 2.75) is 38.5 Å². The number of hydrogen-bond acceptors (Lipinski definition) is 7. The van der Waals surface area contributed by atoms with E-state index in [1.54, 1.807) is 18.2 Å². The molecule has 8 nitrogen and oxygen atoms in total. The molecule has 33 heavy (non-hydrogen) atoms. The molecular formula is C23H24N4O4S2. The number of aliphatic imine (C=N–C) groups is 1. The van der Waals surface area contributed by atoms with E-state index < -0.39 is 16.0 Å². The number of rotatable bonds is 4. The van der Waals surface area contributed by atoms with Crippen LogP contribution in [-0.4, -0.2) is 41.6 Å². The van der Waals surface area contributed by atoms with Gasteiger partial charge in [-0.15, -0.1) is 0 Å². The Kier molecular flexibility index (Phi) is 4.65. The van der Waals surface area contributed by atoms with Crippen molar-refractivity contribution in [1.29, 1.82) is 5.41 Å². The molecule has 2 heterocycles. The zero-order chi connectivity index (χ0) is 23.0. The molecule has 0 spiro atoms. The Bertz CT molecular complexity index is 1230. The van der Waals surface area contributed by atoms with Gasteiger partial charge in [-0.3, -0.25) is 10.2 Å². The Hall–Kier alpha value is -2.46. The number of nitrogens with zero attached hydrogens (tertiary/aromatic N) is 3. The molecule has 1 N–H and O–H groups in total. The Morgan fingerprint density at radius 3 is 2.30 bits per heavy atom. The van der Waals surface area contributed by atoms with Gasteiger partial charge in [0.1, 0.15) is 10.8 Å². The molecule has 172 valence electrons. The second-order valence-corrected chi connectivity index (χ2v) is 12.5. The minimum atomic E-state index is -3.61. The number of hydrazone groups is 1. The van der Waals surface area contributed by atoms with Crippen molar-refractivity contribution in [2.75, 3.05) is 6.26 Å². The molecule has 6 aliphatic rings. The average molecular weight is 485 g/mol. The summed E-state index contributed by atoms with van der Waals surface area (Å²) in [6.07, 6.45) is 10.1. The highest BCUT2D eigenvalue weighted by Crippen LogP contribution is 2.62. The third-order valence-electron chi connectivity index (χ3n) is 7.39. The molecule has 1 aromatic carbocycles. The number of carbonyl (C=O) groups excluding carboxylic acids is 1. The quantitative estimate of drug-likeness (QED) is 0.513. The van der Waals surface area contributed by atoms with Crippen LogP contribution in [0.1, 0.15) is 44.1 Å². The van der Waals surface area contributed by atoms with Crippen LogP contribution in [0.15, 0.2) is 39.9 Å². The van der Waals surface area contributed by atoms with E-state index in [4.69, 9.17) is 14.7 Å². The summed E-state index contributed by atoms with van der Waals surface area (Å²) in [5.41, 5.74) is 0.883. The molecule has 0 unspecified atom stereocenters. The van der Waals surface area contributed by atoms with Crippen LogP contribution in [0.4, 0.5) is 0 Å². The number of nitrogens with one attached hydrogen (secondary N) is 1. The lowest BCUT2D eigenvalue weighted by Gasteiger charge is -2.56. The SMILES string of the molecule is CS(=O)(=O)Oc1ccc(C=C2C(=N)N3N=C(C45CC6CC(CC(C6)C4)C5)SC3=NC2=O)cc1. The van der Waals surface area contributed by atoms with E-state index in [1.165, 1.54) is 67.4 Å². The van der Waals surface area contributed by atoms with Crippen molar-refractivity contribution in [3.05, 3.63) is 35.4 Å². The summed E-state index contributed by atoms with van der Waals surface area (Å²) in [6, 6.07) is 6.29. The van der Waals surface area contributed by atoms with Gasteiger partial charge in [0.05, 0.1) is 11.8 Å². The molecule has 10 heteroatoms. The fourth-order valence-electron chi connectivity index (χ4n) is 6.54. The van der Waals surface area contributed by atoms with Crippen molar-refractivity contribution in [3.8, 4) is 5.75 Å². The summed E-state index contributed by atoms with van der Waals surface area (Å²) in [4.78, 5) is 17.0. The molecule has 0 atom stereocenters. The number of fused-ring (bicyclic) bond motifs is 1. The summed E-state index contributed by atoms with van der Waals surface area (Å²) in [5.74, 6) is 2.09. The highest BCUT2D eigenvalue weighted by atomic mass is 32.2. The second kappa shape index (κ2) is 7.27. The minimum Gasteiger partial charge on any atom is -0.383 e. The van der Waals surface area contributed by atoms with Gasteiger partial charge >= 0.3 is 10.1 Å². The van der Waals surface area contributed by atoms with Gasteiger partial charge in [-0.05, 0) is 91.8 Å². The van der Waals surface area contributed by atoms with E-state index in [-0.39, 0.29) is 22.6 Å². The molecule has 0 aromatic heterocycles. The van der Waals surface area contributed by atoms with Crippen molar-refractivity contribution in [2.24, 2.45) is 33.3 Å². The maximum absolute atomic E-state index is 12.8. The van der Waals surface area contributed by atoms with Gasteiger partial charge in [0.2, 0.25) is 5.17 Å². The molecule has 1 amide bonds. The standard InChI is InChI=1S/C23H24N4O4S2/c1-33(29,30)31-17-4-2-13(3-5-17)9-18-19(24)27-22(25-20(18)28)32-21(26-27)23-10-14-6-15(11-23)8-16(7-14)12-23/h2-5,9,14-16,24H,6-8,10-12H2,1H3. The van der Waals surface area contributed by atoms with Gasteiger partial charge in [-0.1, -0.05) is 12.1 Å². The van der Waals surface area contributed by atoms with Crippen molar-refractivity contribution in [1.82, 2.24) is 5.01 Å². The first-order chi connectivity index (χ1) is 15.7. The molecule has 0 saturated heterocycles. The van der Waals surface area contributed by atoms with E-state index in [2.05, 4.69) is 4.99 Å². The van der Waals surface area contributed by atoms with Crippen LogP contribution in [0.3, 0.4) is 0 Å². The second-order valence-electron chi connectivity index (χ2n) is 9.98. The van der Waals surface area contributed by atoms with Crippen LogP contribution in [0.5, 0.6) is 5.75 Å². The van der Waals surface area contributed by atoms with E-state index in [1.807, 2.05) is 0 Å². The highest BCUT2D eigenvalue weighted by molar-refractivity contribution is 8.27. The van der Waals surface area contributed by atoms with Crippen LogP contribution in [-0.2, 0) is 14.9 Å². The van der Waals surface area contributed by atoms with Gasteiger partial charge < -0.3 is 4.18 Å². The van der Waals surface area contributed by atoms with Crippen molar-refractivity contribution >= 4 is 49.9 Å². The third-order valence-corrected chi connectivity index (χ3v) is 9.04. The molecule has 4 fully saturated rings. The third kappa shape index (κ3) is 3.73. The predicted octanol–water partition coefficient (Wildman–Crippen LogP) is 3.86. The van der Waals surface area contributed by atoms with Crippen LogP contribution in [0, 0.1) is 28.6 Å². The number of amides is 1. The first kappa shape index (κ1) is 21.1. The Labute approximate surface area is 196 Å². The van der Waals surface area contributed by atoms with E-state index >= 15 is 0 Å². The monoisotopic (exact) mass is 484 g/mol. The van der Waals surface area contributed by atoms with Gasteiger partial charge in [0.25, 0.3) is 5.91 Å². The van der Waals surface area contributed by atoms with Crippen LogP contribution in [0.25, 0.3) is 6.08 Å². The van der Waals surface area contributed by atoms with Crippen LogP contribution in [0.2, 0.25) is 0 Å². The Morgan fingerprint density at radius 1 is 1.12 bits per heavy atom. The topological polar surface area (TPSA) is 112 Å². The van der Waals surface area contributed by atoms with Crippen LogP contribution < -0.4 is 4.18 Å². The molecule has 1 aromatic rings. The zero-order valence-electron chi connectivity index (χ0n) is 18.2. The van der Waals surface area contributed by atoms with Gasteiger partial charge in [-0.25, -0.2) is 0 Å². The Balaban J connectivity index is 1.27. The normalized spacial score (nSPS) is 33.9. The summed E-state index contributed by atoms with van der Waals surface area (Å²) in [7, 11) is -3.61. The van der Waals surface area contributed by atoms with E-state index in [0.717, 1.165) is 29.1 Å². The molecule has 4 aliphatic carbocycles. The maximum atomic E-state index is 12.8. The zero-order valence-corrected chi connectivity index (χ0v) is 19.8. The number of amidine groups is 2. The van der Waals surface area contributed by atoms with E-state index in [9.17, 15) is 13.2 Å². The minimum absolute atomic E-state index is 0.0219.